The van der Waals surface area contributed by atoms with Gasteiger partial charge in [-0.15, -0.1) is 0 Å². The van der Waals surface area contributed by atoms with Crippen LogP contribution in [0.4, 0.5) is 5.69 Å². The molecule has 0 fully saturated rings. The average Bonchev–Trinajstić information content (AvgIpc) is 3.49. The quantitative estimate of drug-likeness (QED) is 0.0739. The zero-order chi connectivity index (χ0) is 32.4. The summed E-state index contributed by atoms with van der Waals surface area (Å²) in [6.45, 7) is 0.557. The van der Waals surface area contributed by atoms with Crippen molar-refractivity contribution in [1.29, 1.82) is 0 Å². The molecule has 5 rings (SSSR count). The number of amides is 1. The van der Waals surface area contributed by atoms with Crippen molar-refractivity contribution in [2.75, 3.05) is 27.4 Å². The average molecular weight is 622 g/mol. The Balaban J connectivity index is 1.59. The Labute approximate surface area is 267 Å². The lowest BCUT2D eigenvalue weighted by molar-refractivity contribution is -0.129. The highest BCUT2D eigenvalue weighted by Crippen LogP contribution is 2.44. The maximum Gasteiger partial charge on any atom is 0.252 e. The molecular weight excluding hydrogens is 586 g/mol. The van der Waals surface area contributed by atoms with Gasteiger partial charge in [0.1, 0.15) is 5.75 Å². The van der Waals surface area contributed by atoms with Gasteiger partial charge in [0.05, 0.1) is 20.8 Å². The summed E-state index contributed by atoms with van der Waals surface area (Å²) >= 11 is 0. The number of aliphatic hydroxyl groups excluding tert-OH is 1. The van der Waals surface area contributed by atoms with E-state index in [1.54, 1.807) is 44.6 Å². The number of nitrogens with one attached hydrogen (secondary N) is 1. The van der Waals surface area contributed by atoms with Crippen molar-refractivity contribution in [1.82, 2.24) is 5.32 Å². The van der Waals surface area contributed by atoms with Crippen LogP contribution in [0, 0.1) is 0 Å². The fourth-order valence-electron chi connectivity index (χ4n) is 5.43. The zero-order valence-electron chi connectivity index (χ0n) is 25.6. The number of benzene rings is 4. The van der Waals surface area contributed by atoms with E-state index in [1.807, 2.05) is 66.7 Å². The van der Waals surface area contributed by atoms with Crippen LogP contribution in [0.15, 0.2) is 107 Å². The van der Waals surface area contributed by atoms with Crippen LogP contribution in [0.3, 0.4) is 0 Å². The highest BCUT2D eigenvalue weighted by molar-refractivity contribution is 6.01. The predicted molar refractivity (Wildman–Crippen MR) is 174 cm³/mol. The van der Waals surface area contributed by atoms with Gasteiger partial charge in [-0.3, -0.25) is 4.79 Å². The molecule has 2 N–H and O–H groups in total. The first-order valence-electron chi connectivity index (χ1n) is 14.8. The number of hydrogen-bond acceptors (Lipinski definition) is 8. The molecule has 4 aromatic rings. The number of azide groups is 1. The van der Waals surface area contributed by atoms with Crippen molar-refractivity contribution in [3.63, 3.8) is 0 Å². The third-order valence-electron chi connectivity index (χ3n) is 7.66. The highest BCUT2D eigenvalue weighted by atomic mass is 16.5. The largest absolute Gasteiger partial charge is 0.494 e. The molecule has 46 heavy (non-hydrogen) atoms. The van der Waals surface area contributed by atoms with Crippen LogP contribution in [0.2, 0.25) is 0 Å². The molecule has 0 aromatic heterocycles. The molecule has 0 saturated carbocycles. The first-order valence-corrected chi connectivity index (χ1v) is 14.8. The Hall–Kier alpha value is -5.51. The van der Waals surface area contributed by atoms with Crippen LogP contribution in [-0.2, 0) is 22.5 Å². The molecule has 0 aliphatic carbocycles. The number of carbonyl (C=O) groups is 1. The second kappa shape index (κ2) is 15.0. The summed E-state index contributed by atoms with van der Waals surface area (Å²) in [6.07, 6.45) is -0.225. The Morgan fingerprint density at radius 3 is 2.43 bits per heavy atom. The van der Waals surface area contributed by atoms with Crippen molar-refractivity contribution >= 4 is 17.5 Å². The smallest absolute Gasteiger partial charge is 0.252 e. The molecule has 1 amide bonds. The number of methoxy groups -OCH3 is 2. The van der Waals surface area contributed by atoms with Gasteiger partial charge in [0, 0.05) is 47.7 Å². The Bertz CT molecular complexity index is 1720. The van der Waals surface area contributed by atoms with Gasteiger partial charge in [0.15, 0.2) is 23.1 Å². The molecule has 0 spiro atoms. The minimum Gasteiger partial charge on any atom is -0.494 e. The third-order valence-corrected chi connectivity index (χ3v) is 7.66. The number of ether oxygens (including phenoxy) is 4. The van der Waals surface area contributed by atoms with Crippen LogP contribution in [0.1, 0.15) is 34.8 Å². The SMILES string of the molecule is COc1cccc(CNC(=O)[C@]2(Cc3ccccc3N=[N+]=[N-])N=C(c3ccc(OCCCO)cc3)O[C@@H]2c2ccccc2)c1OC. The maximum atomic E-state index is 14.6. The van der Waals surface area contributed by atoms with Crippen LogP contribution >= 0.6 is 0 Å². The molecule has 1 aliphatic rings. The van der Waals surface area contributed by atoms with E-state index >= 15 is 0 Å². The lowest BCUT2D eigenvalue weighted by atomic mass is 9.81. The lowest BCUT2D eigenvalue weighted by Gasteiger charge is -2.31. The topological polar surface area (TPSA) is 147 Å². The molecule has 11 nitrogen and oxygen atoms in total. The van der Waals surface area contributed by atoms with Gasteiger partial charge in [-0.25, -0.2) is 4.99 Å². The number of nitrogens with zero attached hydrogens (tertiary/aromatic N) is 4. The predicted octanol–water partition coefficient (Wildman–Crippen LogP) is 6.22. The number of carbonyl (C=O) groups excluding carboxylic acids is 1. The van der Waals surface area contributed by atoms with Crippen molar-refractivity contribution < 1.29 is 28.8 Å². The monoisotopic (exact) mass is 621 g/mol. The van der Waals surface area contributed by atoms with Crippen molar-refractivity contribution in [2.45, 2.75) is 31.0 Å². The summed E-state index contributed by atoms with van der Waals surface area (Å²) in [7, 11) is 3.10. The second-order valence-electron chi connectivity index (χ2n) is 10.5. The summed E-state index contributed by atoms with van der Waals surface area (Å²) in [5.74, 6) is 1.59. The van der Waals surface area contributed by atoms with Crippen LogP contribution in [0.25, 0.3) is 10.4 Å². The van der Waals surface area contributed by atoms with E-state index in [0.29, 0.717) is 47.1 Å². The van der Waals surface area contributed by atoms with E-state index in [9.17, 15) is 10.3 Å². The molecule has 0 unspecified atom stereocenters. The van der Waals surface area contributed by atoms with E-state index in [2.05, 4.69) is 15.3 Å². The first-order chi connectivity index (χ1) is 22.5. The van der Waals surface area contributed by atoms with Gasteiger partial charge >= 0.3 is 0 Å². The fourth-order valence-corrected chi connectivity index (χ4v) is 5.43. The lowest BCUT2D eigenvalue weighted by Crippen LogP contribution is -2.49. The zero-order valence-corrected chi connectivity index (χ0v) is 25.6. The maximum absolute atomic E-state index is 14.6. The molecule has 236 valence electrons. The molecule has 4 aromatic carbocycles. The first kappa shape index (κ1) is 31.9. The van der Waals surface area contributed by atoms with Gasteiger partial charge in [-0.2, -0.15) is 0 Å². The standard InChI is InChI=1S/C35H35N5O6/c1-43-30-15-8-13-27(31(30)44-2)23-37-34(42)35(22-26-12-6-7-14-29(26)39-40-36)32(24-10-4-3-5-11-24)46-33(38-35)25-16-18-28(19-17-25)45-21-9-20-41/h3-8,10-19,32,41H,9,20-23H2,1-2H3,(H,37,42)/t32-,35-/m1/s1. The fraction of sp³-hybridized carbons (Fsp3) is 0.257. The summed E-state index contributed by atoms with van der Waals surface area (Å²) in [5.41, 5.74) is 10.9. The van der Waals surface area contributed by atoms with Gasteiger partial charge in [0.25, 0.3) is 5.91 Å². The summed E-state index contributed by atoms with van der Waals surface area (Å²) in [5, 5.41) is 16.0. The Kier molecular flexibility index (Phi) is 10.4. The number of rotatable bonds is 14. The molecule has 0 saturated heterocycles. The number of aliphatic imine (C=N–C) groups is 1. The molecule has 2 atom stereocenters. The van der Waals surface area contributed by atoms with E-state index in [4.69, 9.17) is 29.0 Å². The molecular formula is C35H35N5O6. The normalized spacial score (nSPS) is 16.8. The Morgan fingerprint density at radius 1 is 0.978 bits per heavy atom. The van der Waals surface area contributed by atoms with E-state index in [1.165, 1.54) is 0 Å². The van der Waals surface area contributed by atoms with E-state index < -0.39 is 11.6 Å². The number of hydrogen-bond donors (Lipinski definition) is 2. The highest BCUT2D eigenvalue weighted by Gasteiger charge is 2.53. The van der Waals surface area contributed by atoms with Gasteiger partial charge < -0.3 is 29.4 Å². The molecule has 0 bridgehead atoms. The second-order valence-corrected chi connectivity index (χ2v) is 10.5. The van der Waals surface area contributed by atoms with Crippen LogP contribution in [-0.4, -0.2) is 49.9 Å². The van der Waals surface area contributed by atoms with Crippen LogP contribution in [0.5, 0.6) is 17.2 Å². The van der Waals surface area contributed by atoms with Gasteiger partial charge in [0.2, 0.25) is 5.90 Å². The molecule has 1 heterocycles. The molecule has 11 heteroatoms. The third kappa shape index (κ3) is 6.91. The number of para-hydroxylation sites is 1. The minimum atomic E-state index is -1.50. The number of aliphatic hydroxyl groups is 1. The molecule has 0 radical (unpaired) electrons. The van der Waals surface area contributed by atoms with E-state index in [-0.39, 0.29) is 31.4 Å². The summed E-state index contributed by atoms with van der Waals surface area (Å²) in [4.78, 5) is 22.7. The summed E-state index contributed by atoms with van der Waals surface area (Å²) < 4.78 is 23.3. The van der Waals surface area contributed by atoms with Crippen LogP contribution < -0.4 is 19.5 Å². The van der Waals surface area contributed by atoms with Crippen molar-refractivity contribution in [3.8, 4) is 17.2 Å². The molecule has 1 aliphatic heterocycles. The van der Waals surface area contributed by atoms with E-state index in [0.717, 1.165) is 11.1 Å². The Morgan fingerprint density at radius 2 is 1.72 bits per heavy atom. The van der Waals surface area contributed by atoms with Gasteiger partial charge in [-0.05, 0) is 47.0 Å². The minimum absolute atomic E-state index is 0.0428. The van der Waals surface area contributed by atoms with Crippen molar-refractivity contribution in [3.05, 3.63) is 130 Å². The summed E-state index contributed by atoms with van der Waals surface area (Å²) in [6, 6.07) is 29.3. The van der Waals surface area contributed by atoms with Crippen molar-refractivity contribution in [2.24, 2.45) is 10.1 Å². The van der Waals surface area contributed by atoms with Gasteiger partial charge in [-0.1, -0.05) is 71.8 Å².